The Balaban J connectivity index is 0.969. The SMILES string of the molecule is CC1CC(N(c2ccc(N(c3ccccc3)c3ccc4ccccc4c3)cc2)c2ccc(N(c3ccccc3)c3ccc4ccccc4c3)cc2)=CC=C1N(c1ccccc1)c1ccc2ccccc2c1. The van der Waals surface area contributed by atoms with Gasteiger partial charge in [0.1, 0.15) is 0 Å². The lowest BCUT2D eigenvalue weighted by Gasteiger charge is -2.37. The maximum Gasteiger partial charge on any atom is 0.0468 e. The third kappa shape index (κ3) is 8.69. The molecule has 0 radical (unpaired) electrons. The van der Waals surface area contributed by atoms with Gasteiger partial charge in [-0.25, -0.2) is 0 Å². The highest BCUT2D eigenvalue weighted by molar-refractivity contribution is 5.92. The summed E-state index contributed by atoms with van der Waals surface area (Å²) in [6.07, 6.45) is 5.51. The fraction of sp³-hybridized carbons (Fsp3) is 0.0448. The second kappa shape index (κ2) is 19.1. The lowest BCUT2D eigenvalue weighted by atomic mass is 9.93. The summed E-state index contributed by atoms with van der Waals surface area (Å²) in [5.41, 5.74) is 13.5. The molecule has 1 aliphatic rings. The van der Waals surface area contributed by atoms with E-state index in [0.717, 1.165) is 63.3 Å². The molecule has 0 saturated heterocycles. The van der Waals surface area contributed by atoms with Crippen molar-refractivity contribution >= 4 is 89.2 Å². The maximum absolute atomic E-state index is 2.45. The van der Waals surface area contributed by atoms with E-state index >= 15 is 0 Å². The first kappa shape index (κ1) is 43.2. The molecule has 0 saturated carbocycles. The highest BCUT2D eigenvalue weighted by Gasteiger charge is 2.27. The second-order valence-electron chi connectivity index (χ2n) is 18.3. The molecule has 0 bridgehead atoms. The van der Waals surface area contributed by atoms with Crippen molar-refractivity contribution in [1.82, 2.24) is 0 Å². The van der Waals surface area contributed by atoms with Crippen molar-refractivity contribution in [2.75, 3.05) is 19.6 Å². The van der Waals surface area contributed by atoms with Gasteiger partial charge >= 0.3 is 0 Å². The summed E-state index contributed by atoms with van der Waals surface area (Å²) in [4.78, 5) is 9.59. The van der Waals surface area contributed by atoms with Crippen LogP contribution in [0, 0.1) is 5.92 Å². The first-order valence-corrected chi connectivity index (χ1v) is 24.5. The van der Waals surface area contributed by atoms with Crippen LogP contribution in [0.4, 0.5) is 56.9 Å². The van der Waals surface area contributed by atoms with Crippen molar-refractivity contribution in [3.63, 3.8) is 0 Å². The zero-order valence-electron chi connectivity index (χ0n) is 39.6. The van der Waals surface area contributed by atoms with Gasteiger partial charge in [0.15, 0.2) is 0 Å². The van der Waals surface area contributed by atoms with Crippen LogP contribution in [-0.2, 0) is 0 Å². The summed E-state index contributed by atoms with van der Waals surface area (Å²) >= 11 is 0. The van der Waals surface area contributed by atoms with Crippen molar-refractivity contribution in [1.29, 1.82) is 0 Å². The van der Waals surface area contributed by atoms with Gasteiger partial charge in [0.05, 0.1) is 0 Å². The summed E-state index contributed by atoms with van der Waals surface area (Å²) < 4.78 is 0. The average molecular weight is 913 g/mol. The Morgan fingerprint density at radius 1 is 0.254 bits per heavy atom. The molecular formula is C67H52N4. The first-order valence-electron chi connectivity index (χ1n) is 24.5. The van der Waals surface area contributed by atoms with E-state index in [0.29, 0.717) is 0 Å². The molecule has 4 heteroatoms. The lowest BCUT2D eigenvalue weighted by molar-refractivity contribution is 0.640. The molecule has 0 heterocycles. The Morgan fingerprint density at radius 3 is 0.901 bits per heavy atom. The number of nitrogens with zero attached hydrogens (tertiary/aromatic N) is 4. The lowest BCUT2D eigenvalue weighted by Crippen LogP contribution is -2.27. The van der Waals surface area contributed by atoms with Gasteiger partial charge in [0, 0.05) is 74.2 Å². The number of rotatable bonds is 12. The molecule has 12 rings (SSSR count). The normalized spacial score (nSPS) is 13.4. The van der Waals surface area contributed by atoms with Gasteiger partial charge in [0.25, 0.3) is 0 Å². The Kier molecular flexibility index (Phi) is 11.6. The van der Waals surface area contributed by atoms with E-state index in [4.69, 9.17) is 0 Å². The second-order valence-corrected chi connectivity index (χ2v) is 18.3. The Labute approximate surface area is 416 Å². The van der Waals surface area contributed by atoms with Crippen LogP contribution in [0.2, 0.25) is 0 Å². The monoisotopic (exact) mass is 912 g/mol. The van der Waals surface area contributed by atoms with Crippen LogP contribution in [0.25, 0.3) is 32.3 Å². The minimum absolute atomic E-state index is 0.186. The molecule has 0 aromatic heterocycles. The quantitative estimate of drug-likeness (QED) is 0.121. The predicted molar refractivity (Wildman–Crippen MR) is 302 cm³/mol. The standard InChI is InChI=1S/C67H52N4/c1-49-45-63(43-44-67(49)71(58-27-9-4-10-28-58)66-34-31-52-19-13-16-22-55(52)48-66)70(61-39-35-59(36-40-61)68(56-23-5-2-6-24-56)64-32-29-50-17-11-14-20-53(50)46-64)62-41-37-60(38-42-62)69(57-25-7-3-8-26-57)65-33-30-51-18-12-15-21-54(51)47-65/h2-44,46-49H,45H2,1H3. The summed E-state index contributed by atoms with van der Waals surface area (Å²) in [5, 5.41) is 7.32. The van der Waals surface area contributed by atoms with Crippen molar-refractivity contribution in [2.45, 2.75) is 13.3 Å². The summed E-state index contributed by atoms with van der Waals surface area (Å²) in [5.74, 6) is 0.186. The van der Waals surface area contributed by atoms with E-state index in [1.54, 1.807) is 0 Å². The third-order valence-corrected chi connectivity index (χ3v) is 13.8. The van der Waals surface area contributed by atoms with Gasteiger partial charge in [-0.3, -0.25) is 0 Å². The molecular weight excluding hydrogens is 861 g/mol. The maximum atomic E-state index is 2.45. The van der Waals surface area contributed by atoms with Gasteiger partial charge in [0.2, 0.25) is 0 Å². The summed E-state index contributed by atoms with van der Waals surface area (Å²) in [6, 6.07) is 96.3. The van der Waals surface area contributed by atoms with Crippen LogP contribution < -0.4 is 19.6 Å². The van der Waals surface area contributed by atoms with Gasteiger partial charge < -0.3 is 19.6 Å². The molecule has 1 aliphatic carbocycles. The van der Waals surface area contributed by atoms with E-state index in [-0.39, 0.29) is 5.92 Å². The molecule has 11 aromatic carbocycles. The third-order valence-electron chi connectivity index (χ3n) is 13.8. The summed E-state index contributed by atoms with van der Waals surface area (Å²) in [7, 11) is 0. The number of fused-ring (bicyclic) bond motifs is 3. The molecule has 0 aliphatic heterocycles. The average Bonchev–Trinajstić information content (AvgIpc) is 3.43. The molecule has 340 valence electrons. The highest BCUT2D eigenvalue weighted by Crippen LogP contribution is 2.44. The Bertz CT molecular complexity index is 3530. The van der Waals surface area contributed by atoms with Crippen LogP contribution in [0.3, 0.4) is 0 Å². The first-order chi connectivity index (χ1) is 35.1. The number of allylic oxidation sites excluding steroid dienone is 4. The molecule has 1 atom stereocenters. The Morgan fingerprint density at radius 2 is 0.535 bits per heavy atom. The predicted octanol–water partition coefficient (Wildman–Crippen LogP) is 18.9. The molecule has 0 fully saturated rings. The minimum atomic E-state index is 0.186. The van der Waals surface area contributed by atoms with E-state index in [1.807, 2.05) is 0 Å². The van der Waals surface area contributed by atoms with E-state index in [1.165, 1.54) is 43.7 Å². The van der Waals surface area contributed by atoms with E-state index < -0.39 is 0 Å². The van der Waals surface area contributed by atoms with Crippen molar-refractivity contribution in [3.8, 4) is 0 Å². The molecule has 71 heavy (non-hydrogen) atoms. The highest BCUT2D eigenvalue weighted by atomic mass is 15.2. The minimum Gasteiger partial charge on any atom is -0.314 e. The van der Waals surface area contributed by atoms with Crippen LogP contribution in [0.1, 0.15) is 13.3 Å². The van der Waals surface area contributed by atoms with Gasteiger partial charge in [-0.1, -0.05) is 153 Å². The zero-order valence-corrected chi connectivity index (χ0v) is 39.6. The Hall–Kier alpha value is -9.12. The smallest absolute Gasteiger partial charge is 0.0468 e. The van der Waals surface area contributed by atoms with Crippen LogP contribution >= 0.6 is 0 Å². The van der Waals surface area contributed by atoms with Crippen LogP contribution in [0.5, 0.6) is 0 Å². The molecule has 1 unspecified atom stereocenters. The fourth-order valence-electron chi connectivity index (χ4n) is 10.3. The van der Waals surface area contributed by atoms with Crippen LogP contribution in [0.15, 0.2) is 290 Å². The largest absolute Gasteiger partial charge is 0.314 e. The molecule has 0 N–H and O–H groups in total. The van der Waals surface area contributed by atoms with Gasteiger partial charge in [-0.05, 0) is 172 Å². The molecule has 4 nitrogen and oxygen atoms in total. The number of hydrogen-bond donors (Lipinski definition) is 0. The topological polar surface area (TPSA) is 13.0 Å². The number of benzene rings is 11. The van der Waals surface area contributed by atoms with Crippen molar-refractivity contribution < 1.29 is 0 Å². The van der Waals surface area contributed by atoms with Crippen molar-refractivity contribution in [3.05, 3.63) is 290 Å². The van der Waals surface area contributed by atoms with Gasteiger partial charge in [-0.2, -0.15) is 0 Å². The molecule has 0 amide bonds. The van der Waals surface area contributed by atoms with E-state index in [9.17, 15) is 0 Å². The zero-order chi connectivity index (χ0) is 47.5. The van der Waals surface area contributed by atoms with E-state index in [2.05, 4.69) is 306 Å². The molecule has 0 spiro atoms. The van der Waals surface area contributed by atoms with Crippen LogP contribution in [-0.4, -0.2) is 0 Å². The number of anilines is 10. The fourth-order valence-corrected chi connectivity index (χ4v) is 10.3. The molecule has 11 aromatic rings. The van der Waals surface area contributed by atoms with Crippen molar-refractivity contribution in [2.24, 2.45) is 5.92 Å². The summed E-state index contributed by atoms with van der Waals surface area (Å²) in [6.45, 7) is 2.36. The van der Waals surface area contributed by atoms with Gasteiger partial charge in [-0.15, -0.1) is 0 Å². The number of para-hydroxylation sites is 3. The number of hydrogen-bond acceptors (Lipinski definition) is 4.